The monoisotopic (exact) mass is 635 g/mol. The Morgan fingerprint density at radius 2 is 1.50 bits per heavy atom. The molecule has 2 N–H and O–H groups in total. The van der Waals surface area contributed by atoms with E-state index in [0.717, 1.165) is 50.5 Å². The Hall–Kier alpha value is -2.56. The molecule has 0 spiro atoms. The Labute approximate surface area is 274 Å². The summed E-state index contributed by atoms with van der Waals surface area (Å²) >= 11 is 3.50. The van der Waals surface area contributed by atoms with Crippen LogP contribution >= 0.6 is 23.1 Å². The molecule has 1 aliphatic carbocycles. The number of fused-ring (bicyclic) bond motifs is 2. The van der Waals surface area contributed by atoms with Crippen LogP contribution in [0.15, 0.2) is 33.8 Å². The van der Waals surface area contributed by atoms with Gasteiger partial charge in [-0.3, -0.25) is 10.8 Å². The molecule has 3 atom stereocenters. The van der Waals surface area contributed by atoms with E-state index in [4.69, 9.17) is 20.3 Å². The Morgan fingerprint density at radius 1 is 0.932 bits per heavy atom. The molecule has 0 radical (unpaired) electrons. The van der Waals surface area contributed by atoms with Crippen molar-refractivity contribution in [2.45, 2.75) is 118 Å². The Kier molecular flexibility index (Phi) is 11.6. The third-order valence-electron chi connectivity index (χ3n) is 8.32. The van der Waals surface area contributed by atoms with Gasteiger partial charge in [0.1, 0.15) is 11.5 Å². The molecule has 4 rings (SSSR count). The molecule has 1 aromatic heterocycles. The van der Waals surface area contributed by atoms with Crippen molar-refractivity contribution in [3.8, 4) is 17.6 Å². The maximum atomic E-state index is 10.1. The van der Waals surface area contributed by atoms with E-state index in [9.17, 15) is 5.26 Å². The highest BCUT2D eigenvalue weighted by molar-refractivity contribution is 8.00. The summed E-state index contributed by atoms with van der Waals surface area (Å²) in [6.07, 6.45) is 4.62. The molecule has 2 aliphatic rings. The van der Waals surface area contributed by atoms with Gasteiger partial charge in [-0.25, -0.2) is 0 Å². The first-order chi connectivity index (χ1) is 20.6. The molecule has 2 heterocycles. The van der Waals surface area contributed by atoms with Crippen LogP contribution in [0.5, 0.6) is 11.5 Å². The van der Waals surface area contributed by atoms with Crippen molar-refractivity contribution in [3.63, 3.8) is 0 Å². The summed E-state index contributed by atoms with van der Waals surface area (Å²) in [5.74, 6) is 2.71. The van der Waals surface area contributed by atoms with Gasteiger partial charge in [-0.1, -0.05) is 95.9 Å². The highest BCUT2D eigenvalue weighted by Crippen LogP contribution is 2.56. The van der Waals surface area contributed by atoms with Crippen LogP contribution in [0.3, 0.4) is 0 Å². The minimum Gasteiger partial charge on any atom is -0.491 e. The van der Waals surface area contributed by atoms with Gasteiger partial charge in [0.2, 0.25) is 0 Å². The van der Waals surface area contributed by atoms with Crippen LogP contribution in [-0.4, -0.2) is 29.9 Å². The van der Waals surface area contributed by atoms with E-state index in [1.165, 1.54) is 4.88 Å². The second kappa shape index (κ2) is 14.3. The van der Waals surface area contributed by atoms with E-state index in [0.29, 0.717) is 42.6 Å². The largest absolute Gasteiger partial charge is 0.491 e. The van der Waals surface area contributed by atoms with Crippen LogP contribution < -0.4 is 9.47 Å². The van der Waals surface area contributed by atoms with Gasteiger partial charge in [0.25, 0.3) is 0 Å². The first kappa shape index (κ1) is 35.9. The molecule has 240 valence electrons. The zero-order chi connectivity index (χ0) is 33.1. The molecule has 0 amide bonds. The highest BCUT2D eigenvalue weighted by Gasteiger charge is 2.40. The molecule has 0 saturated heterocycles. The predicted octanol–water partition coefficient (Wildman–Crippen LogP) is 10.9. The van der Waals surface area contributed by atoms with Crippen LogP contribution in [0.2, 0.25) is 0 Å². The van der Waals surface area contributed by atoms with Crippen LogP contribution in [0.4, 0.5) is 0 Å². The minimum absolute atomic E-state index is 0.00108. The first-order valence-electron chi connectivity index (χ1n) is 16.2. The summed E-state index contributed by atoms with van der Waals surface area (Å²) < 4.78 is 14.5. The number of hydrogen-bond donors (Lipinski definition) is 2. The third kappa shape index (κ3) is 7.29. The molecule has 1 aromatic carbocycles. The molecule has 0 bridgehead atoms. The van der Waals surface area contributed by atoms with E-state index < -0.39 is 5.41 Å². The maximum Gasteiger partial charge on any atom is 0.142 e. The molecule has 7 heteroatoms. The van der Waals surface area contributed by atoms with E-state index in [1.807, 2.05) is 40.7 Å². The lowest BCUT2D eigenvalue weighted by atomic mass is 9.74. The normalized spacial score (nSPS) is 18.3. The van der Waals surface area contributed by atoms with Gasteiger partial charge in [0, 0.05) is 26.6 Å². The average molecular weight is 636 g/mol. The van der Waals surface area contributed by atoms with Gasteiger partial charge in [-0.15, -0.1) is 23.1 Å². The van der Waals surface area contributed by atoms with Crippen molar-refractivity contribution < 1.29 is 9.47 Å². The van der Waals surface area contributed by atoms with Crippen molar-refractivity contribution in [1.29, 1.82) is 16.1 Å². The predicted molar refractivity (Wildman–Crippen MR) is 191 cm³/mol. The zero-order valence-corrected chi connectivity index (χ0v) is 30.6. The van der Waals surface area contributed by atoms with Crippen molar-refractivity contribution >= 4 is 44.6 Å². The summed E-state index contributed by atoms with van der Waals surface area (Å²) in [7, 11) is 0. The number of nitrogens with zero attached hydrogens (tertiary/aromatic N) is 1. The summed E-state index contributed by atoms with van der Waals surface area (Å²) in [4.78, 5) is 2.38. The maximum absolute atomic E-state index is 10.1. The number of thioether (sulfide) groups is 1. The van der Waals surface area contributed by atoms with Crippen molar-refractivity contribution in [2.24, 2.45) is 17.3 Å². The quantitative estimate of drug-likeness (QED) is 0.268. The minimum atomic E-state index is -0.397. The molecular formula is C37H53N3O2S2. The summed E-state index contributed by atoms with van der Waals surface area (Å²) in [5, 5.41) is 29.0. The standard InChI is InChI=1S/C35H47N3O2S2.C2H6/c1-11-19(3)17-39-30-23-14-25(22-13-21(16-36)27(35(8,9)10)29(38)28(22)37)41-32(23)31(40-18-20(4)12-2)24-15-26(34(5,6)7)42-33(24)30;1-2/h13,15,19-20,25,37-38H,11-12,14,17-18H2,1-10H3;1-2H3. The summed E-state index contributed by atoms with van der Waals surface area (Å²) in [6, 6.07) is 4.63. The number of allylic oxidation sites excluding steroid dienone is 3. The molecule has 44 heavy (non-hydrogen) atoms. The van der Waals surface area contributed by atoms with E-state index in [-0.39, 0.29) is 22.1 Å². The van der Waals surface area contributed by atoms with E-state index >= 15 is 0 Å². The van der Waals surface area contributed by atoms with Gasteiger partial charge in [-0.2, -0.15) is 5.26 Å². The van der Waals surface area contributed by atoms with Crippen LogP contribution in [-0.2, 0) is 11.8 Å². The number of hydrogen-bond acceptors (Lipinski definition) is 7. The van der Waals surface area contributed by atoms with Gasteiger partial charge >= 0.3 is 0 Å². The van der Waals surface area contributed by atoms with Crippen molar-refractivity contribution in [1.82, 2.24) is 0 Å². The number of thiophene rings is 1. The molecule has 5 nitrogen and oxygen atoms in total. The zero-order valence-electron chi connectivity index (χ0n) is 29.0. The summed E-state index contributed by atoms with van der Waals surface area (Å²) in [5.41, 5.74) is 2.98. The van der Waals surface area contributed by atoms with Crippen molar-refractivity contribution in [3.05, 3.63) is 39.3 Å². The van der Waals surface area contributed by atoms with E-state index in [2.05, 4.69) is 60.6 Å². The number of benzene rings is 1. The van der Waals surface area contributed by atoms with E-state index in [1.54, 1.807) is 23.1 Å². The molecule has 0 fully saturated rings. The molecule has 1 aliphatic heterocycles. The average Bonchev–Trinajstić information content (AvgIpc) is 3.61. The van der Waals surface area contributed by atoms with Crippen LogP contribution in [0.25, 0.3) is 10.1 Å². The van der Waals surface area contributed by atoms with Gasteiger partial charge in [0.15, 0.2) is 0 Å². The van der Waals surface area contributed by atoms with Gasteiger partial charge in [0.05, 0.1) is 45.9 Å². The lowest BCUT2D eigenvalue weighted by Crippen LogP contribution is -2.32. The second-order valence-corrected chi connectivity index (χ2v) is 16.3. The highest BCUT2D eigenvalue weighted by atomic mass is 32.2. The fourth-order valence-electron chi connectivity index (χ4n) is 5.26. The Bertz CT molecular complexity index is 1450. The fourth-order valence-corrected chi connectivity index (χ4v) is 7.94. The Balaban J connectivity index is 0.00000259. The number of ether oxygens (including phenoxy) is 2. The smallest absolute Gasteiger partial charge is 0.142 e. The van der Waals surface area contributed by atoms with Crippen LogP contribution in [0, 0.1) is 39.4 Å². The molecule has 0 saturated carbocycles. The number of nitriles is 1. The van der Waals surface area contributed by atoms with Crippen LogP contribution in [0.1, 0.15) is 106 Å². The molecule has 2 aromatic rings. The fraction of sp³-hybridized carbons (Fsp3) is 0.595. The lowest BCUT2D eigenvalue weighted by Gasteiger charge is -2.30. The summed E-state index contributed by atoms with van der Waals surface area (Å²) in [6.45, 7) is 26.8. The lowest BCUT2D eigenvalue weighted by molar-refractivity contribution is 0.248. The number of nitrogens with one attached hydrogen (secondary N) is 2. The second-order valence-electron chi connectivity index (χ2n) is 14.0. The van der Waals surface area contributed by atoms with Crippen molar-refractivity contribution in [2.75, 3.05) is 13.2 Å². The molecular weight excluding hydrogens is 583 g/mol. The van der Waals surface area contributed by atoms with Gasteiger partial charge in [-0.05, 0) is 46.8 Å². The Morgan fingerprint density at radius 3 is 2.00 bits per heavy atom. The first-order valence-corrected chi connectivity index (χ1v) is 17.9. The molecule has 3 unspecified atom stereocenters. The third-order valence-corrected chi connectivity index (χ3v) is 11.3. The topological polar surface area (TPSA) is 89.9 Å². The van der Waals surface area contributed by atoms with Gasteiger partial charge < -0.3 is 9.47 Å². The SMILES string of the molecule is CC.CCC(C)COc1c2c(c(OCC(C)CC)c3sc(C(C)(C)C)cc13)CC(C1=CC(C#N)=C(C(C)(C)C)C(=N)C1=N)S2. The number of rotatable bonds is 9.